The van der Waals surface area contributed by atoms with Gasteiger partial charge in [0.15, 0.2) is 5.65 Å². The number of carbonyl (C=O) groups is 3. The number of amides is 4. The molecular formula is C28H39N9O6S. The molecule has 0 aliphatic carbocycles. The molecule has 4 rings (SSSR count). The van der Waals surface area contributed by atoms with E-state index in [0.29, 0.717) is 42.7 Å². The Labute approximate surface area is 256 Å². The van der Waals surface area contributed by atoms with Gasteiger partial charge in [0.25, 0.3) is 11.9 Å². The number of anilines is 1. The van der Waals surface area contributed by atoms with Gasteiger partial charge in [-0.1, -0.05) is 0 Å². The van der Waals surface area contributed by atoms with Crippen molar-refractivity contribution in [1.82, 2.24) is 39.8 Å². The van der Waals surface area contributed by atoms with Crippen LogP contribution in [0.15, 0.2) is 41.7 Å². The number of pyridine rings is 2. The van der Waals surface area contributed by atoms with Crippen molar-refractivity contribution in [2.24, 2.45) is 0 Å². The highest BCUT2D eigenvalue weighted by Crippen LogP contribution is 2.23. The third-order valence-corrected chi connectivity index (χ3v) is 8.01. The van der Waals surface area contributed by atoms with E-state index in [4.69, 9.17) is 4.74 Å². The predicted octanol–water partition coefficient (Wildman–Crippen LogP) is 2.51. The van der Waals surface area contributed by atoms with E-state index < -0.39 is 45.7 Å². The van der Waals surface area contributed by atoms with Crippen molar-refractivity contribution in [3.05, 3.63) is 36.8 Å². The van der Waals surface area contributed by atoms with Gasteiger partial charge >= 0.3 is 12.1 Å². The number of sulfonamides is 1. The van der Waals surface area contributed by atoms with Crippen molar-refractivity contribution < 1.29 is 27.5 Å². The maximum Gasteiger partial charge on any atom is 0.417 e. The number of imide groups is 1. The third kappa shape index (κ3) is 8.70. The van der Waals surface area contributed by atoms with E-state index in [-0.39, 0.29) is 16.9 Å². The number of urea groups is 1. The van der Waals surface area contributed by atoms with Gasteiger partial charge in [0.2, 0.25) is 10.0 Å². The molecule has 0 unspecified atom stereocenters. The fraction of sp³-hybridized carbons (Fsp3) is 0.500. The molecule has 0 bridgehead atoms. The summed E-state index contributed by atoms with van der Waals surface area (Å²) < 4.78 is 35.0. The molecule has 16 heteroatoms. The minimum Gasteiger partial charge on any atom is -0.443 e. The quantitative estimate of drug-likeness (QED) is 0.302. The minimum atomic E-state index is -3.79. The first-order chi connectivity index (χ1) is 20.5. The lowest BCUT2D eigenvalue weighted by Gasteiger charge is -2.34. The summed E-state index contributed by atoms with van der Waals surface area (Å²) in [5.41, 5.74) is 0.107. The lowest BCUT2D eigenvalue weighted by atomic mass is 10.1. The van der Waals surface area contributed by atoms with Gasteiger partial charge in [0.05, 0.1) is 6.54 Å². The number of nitrogens with zero attached hydrogens (tertiary/aromatic N) is 5. The molecule has 0 spiro atoms. The number of nitrogens with one attached hydrogen (secondary N) is 4. The van der Waals surface area contributed by atoms with Crippen molar-refractivity contribution >= 4 is 39.7 Å². The fourth-order valence-corrected chi connectivity index (χ4v) is 5.92. The average Bonchev–Trinajstić information content (AvgIpc) is 3.32. The summed E-state index contributed by atoms with van der Waals surface area (Å²) in [6.45, 7) is 11.3. The fourth-order valence-electron chi connectivity index (χ4n) is 4.51. The molecule has 0 saturated carbocycles. The van der Waals surface area contributed by atoms with Gasteiger partial charge in [-0.05, 0) is 85.7 Å². The van der Waals surface area contributed by atoms with E-state index in [9.17, 15) is 22.8 Å². The van der Waals surface area contributed by atoms with Crippen molar-refractivity contribution in [3.8, 4) is 11.1 Å². The number of carbonyl (C=O) groups excluding carboxylic acids is 3. The normalized spacial score (nSPS) is 14.7. The van der Waals surface area contributed by atoms with Crippen molar-refractivity contribution in [3.63, 3.8) is 0 Å². The van der Waals surface area contributed by atoms with Crippen LogP contribution in [0.5, 0.6) is 0 Å². The standard InChI is InChI=1S/C28H39N9O6S/c1-27(2,3)35-44(41,42)21-13-19(14-30-15-21)18-7-8-22-32-24(34-36(22)17-18)33-25(39)31-16-23(38)37(20-9-11-29-12-10-20)26(40)43-28(4,5)6/h7-8,13-15,17,20,29,35H,9-12,16H2,1-6H3,(H2,31,33,34,39). The monoisotopic (exact) mass is 629 g/mol. The Morgan fingerprint density at radius 2 is 1.77 bits per heavy atom. The maximum absolute atomic E-state index is 13.1. The van der Waals surface area contributed by atoms with Crippen LogP contribution in [0.3, 0.4) is 0 Å². The van der Waals surface area contributed by atoms with E-state index in [2.05, 4.69) is 35.7 Å². The third-order valence-electron chi connectivity index (χ3n) is 6.29. The van der Waals surface area contributed by atoms with Crippen LogP contribution < -0.4 is 20.7 Å². The summed E-state index contributed by atoms with van der Waals surface area (Å²) in [6, 6.07) is 3.80. The minimum absolute atomic E-state index is 0.0163. The molecule has 1 aliphatic rings. The van der Waals surface area contributed by atoms with E-state index in [1.165, 1.54) is 23.0 Å². The molecule has 1 saturated heterocycles. The molecule has 15 nitrogen and oxygen atoms in total. The van der Waals surface area contributed by atoms with Gasteiger partial charge in [0, 0.05) is 41.3 Å². The SMILES string of the molecule is CC(C)(C)NS(=O)(=O)c1cncc(-c2ccc3nc(NC(=O)NCC(=O)N(C(=O)OC(C)(C)C)C4CCNCC4)nn3c2)c1. The molecule has 3 aromatic heterocycles. The van der Waals surface area contributed by atoms with Crippen LogP contribution in [0.1, 0.15) is 54.4 Å². The summed E-state index contributed by atoms with van der Waals surface area (Å²) in [5.74, 6) is -0.622. The van der Waals surface area contributed by atoms with Gasteiger partial charge in [-0.25, -0.2) is 32.1 Å². The van der Waals surface area contributed by atoms with Gasteiger partial charge in [0.1, 0.15) is 10.5 Å². The summed E-state index contributed by atoms with van der Waals surface area (Å²) >= 11 is 0. The summed E-state index contributed by atoms with van der Waals surface area (Å²) in [5, 5.41) is 12.4. The Balaban J connectivity index is 1.43. The number of rotatable bonds is 7. The van der Waals surface area contributed by atoms with Crippen LogP contribution in [0, 0.1) is 0 Å². The number of hydrogen-bond donors (Lipinski definition) is 4. The van der Waals surface area contributed by atoms with Crippen LogP contribution in [-0.2, 0) is 19.6 Å². The Morgan fingerprint density at radius 3 is 2.43 bits per heavy atom. The number of piperidine rings is 1. The summed E-state index contributed by atoms with van der Waals surface area (Å²) in [7, 11) is -3.79. The van der Waals surface area contributed by atoms with E-state index in [0.717, 1.165) is 4.90 Å². The largest absolute Gasteiger partial charge is 0.443 e. The van der Waals surface area contributed by atoms with E-state index >= 15 is 0 Å². The van der Waals surface area contributed by atoms with Gasteiger partial charge < -0.3 is 15.4 Å². The molecule has 0 aromatic carbocycles. The second-order valence-electron chi connectivity index (χ2n) is 12.5. The molecule has 0 atom stereocenters. The molecule has 4 heterocycles. The molecule has 0 radical (unpaired) electrons. The molecule has 4 amide bonds. The number of aromatic nitrogens is 4. The first-order valence-electron chi connectivity index (χ1n) is 14.2. The molecule has 3 aromatic rings. The smallest absolute Gasteiger partial charge is 0.417 e. The topological polar surface area (TPSA) is 189 Å². The molecule has 44 heavy (non-hydrogen) atoms. The van der Waals surface area contributed by atoms with Gasteiger partial charge in [-0.3, -0.25) is 15.1 Å². The zero-order valence-electron chi connectivity index (χ0n) is 25.7. The highest BCUT2D eigenvalue weighted by molar-refractivity contribution is 7.89. The first-order valence-corrected chi connectivity index (χ1v) is 15.7. The van der Waals surface area contributed by atoms with Crippen molar-refractivity contribution in [2.75, 3.05) is 25.0 Å². The highest BCUT2D eigenvalue weighted by Gasteiger charge is 2.34. The van der Waals surface area contributed by atoms with Crippen LogP contribution >= 0.6 is 0 Å². The molecule has 1 aliphatic heterocycles. The summed E-state index contributed by atoms with van der Waals surface area (Å²) in [4.78, 5) is 48.0. The zero-order valence-corrected chi connectivity index (χ0v) is 26.5. The van der Waals surface area contributed by atoms with Crippen LogP contribution in [0.4, 0.5) is 15.5 Å². The Hall–Kier alpha value is -4.15. The zero-order chi connectivity index (χ0) is 32.3. The summed E-state index contributed by atoms with van der Waals surface area (Å²) in [6.07, 6.45) is 4.83. The van der Waals surface area contributed by atoms with Crippen LogP contribution in [0.2, 0.25) is 0 Å². The lowest BCUT2D eigenvalue weighted by Crippen LogP contribution is -2.53. The van der Waals surface area contributed by atoms with Gasteiger partial charge in [-0.15, -0.1) is 5.10 Å². The Kier molecular flexibility index (Phi) is 9.56. The average molecular weight is 630 g/mol. The highest BCUT2D eigenvalue weighted by atomic mass is 32.2. The van der Waals surface area contributed by atoms with Crippen molar-refractivity contribution in [2.45, 2.75) is 76.5 Å². The number of hydrogen-bond acceptors (Lipinski definition) is 10. The second-order valence-corrected chi connectivity index (χ2v) is 14.1. The van der Waals surface area contributed by atoms with Gasteiger partial charge in [-0.2, -0.15) is 4.98 Å². The molecular weight excluding hydrogens is 590 g/mol. The maximum atomic E-state index is 13.1. The predicted molar refractivity (Wildman–Crippen MR) is 162 cm³/mol. The van der Waals surface area contributed by atoms with Crippen molar-refractivity contribution in [1.29, 1.82) is 0 Å². The number of ether oxygens (including phenoxy) is 1. The van der Waals surface area contributed by atoms with Crippen LogP contribution in [0.25, 0.3) is 16.8 Å². The number of fused-ring (bicyclic) bond motifs is 1. The van der Waals surface area contributed by atoms with E-state index in [1.807, 2.05) is 0 Å². The van der Waals surface area contributed by atoms with E-state index in [1.54, 1.807) is 59.9 Å². The molecule has 1 fully saturated rings. The molecule has 4 N–H and O–H groups in total. The lowest BCUT2D eigenvalue weighted by molar-refractivity contribution is -0.131. The second kappa shape index (κ2) is 12.8. The van der Waals surface area contributed by atoms with Crippen LogP contribution in [-0.4, -0.2) is 87.7 Å². The Morgan fingerprint density at radius 1 is 1.07 bits per heavy atom. The Bertz CT molecular complexity index is 1640. The first kappa shape index (κ1) is 32.8. The molecule has 238 valence electrons.